The number of rotatable bonds is 5. The number of hydrogen-bond acceptors (Lipinski definition) is 3. The van der Waals surface area contributed by atoms with Gasteiger partial charge in [-0.3, -0.25) is 4.79 Å². The minimum Gasteiger partial charge on any atom is -0.465 e. The minimum absolute atomic E-state index is 0.0765. The van der Waals surface area contributed by atoms with Crippen LogP contribution in [0, 0.1) is 0 Å². The summed E-state index contributed by atoms with van der Waals surface area (Å²) in [7, 11) is 1.33. The zero-order valence-corrected chi connectivity index (χ0v) is 9.66. The molecule has 0 unspecified atom stereocenters. The number of carbonyl (C=O) groups is 2. The van der Waals surface area contributed by atoms with Gasteiger partial charge in [-0.05, 0) is 18.6 Å². The molecule has 0 radical (unpaired) electrons. The Morgan fingerprint density at radius 2 is 1.94 bits per heavy atom. The summed E-state index contributed by atoms with van der Waals surface area (Å²) in [6.07, 6.45) is 2.39. The Kier molecular flexibility index (Phi) is 4.70. The van der Waals surface area contributed by atoms with Gasteiger partial charge in [-0.25, -0.2) is 4.79 Å². The molecule has 0 N–H and O–H groups in total. The molecule has 3 heteroatoms. The number of esters is 1. The molecule has 0 amide bonds. The summed E-state index contributed by atoms with van der Waals surface area (Å²) in [5.74, 6) is -0.335. The molecule has 0 spiro atoms. The summed E-state index contributed by atoms with van der Waals surface area (Å²) < 4.78 is 4.60. The van der Waals surface area contributed by atoms with Crippen LogP contribution in [0.2, 0.25) is 0 Å². The van der Waals surface area contributed by atoms with Gasteiger partial charge in [0, 0.05) is 12.0 Å². The van der Waals surface area contributed by atoms with Gasteiger partial charge in [-0.1, -0.05) is 25.5 Å². The van der Waals surface area contributed by atoms with Crippen molar-refractivity contribution in [3.8, 4) is 0 Å². The van der Waals surface area contributed by atoms with E-state index in [4.69, 9.17) is 0 Å². The van der Waals surface area contributed by atoms with Gasteiger partial charge in [-0.2, -0.15) is 0 Å². The van der Waals surface area contributed by atoms with Crippen LogP contribution < -0.4 is 0 Å². The molecule has 0 aromatic heterocycles. The van der Waals surface area contributed by atoms with Crippen LogP contribution >= 0.6 is 0 Å². The van der Waals surface area contributed by atoms with Crippen LogP contribution in [0.1, 0.15) is 46.9 Å². The van der Waals surface area contributed by atoms with Crippen LogP contribution in [0.25, 0.3) is 0 Å². The number of carbonyl (C=O) groups excluding carboxylic acids is 2. The molecule has 1 aromatic rings. The molecular formula is C13H16O3. The van der Waals surface area contributed by atoms with E-state index >= 15 is 0 Å². The normalized spacial score (nSPS) is 9.88. The molecule has 0 bridgehead atoms. The number of methoxy groups -OCH3 is 1. The second-order valence-electron chi connectivity index (χ2n) is 3.60. The molecule has 0 aliphatic carbocycles. The quantitative estimate of drug-likeness (QED) is 0.566. The Balaban J connectivity index is 2.81. The first-order chi connectivity index (χ1) is 7.69. The highest BCUT2D eigenvalue weighted by Crippen LogP contribution is 2.10. The number of ether oxygens (including phenoxy) is 1. The average molecular weight is 220 g/mol. The maximum Gasteiger partial charge on any atom is 0.337 e. The van der Waals surface area contributed by atoms with E-state index in [2.05, 4.69) is 4.74 Å². The van der Waals surface area contributed by atoms with Crippen molar-refractivity contribution in [2.45, 2.75) is 26.2 Å². The fourth-order valence-corrected chi connectivity index (χ4v) is 1.42. The third-order valence-electron chi connectivity index (χ3n) is 2.36. The first kappa shape index (κ1) is 12.4. The molecule has 0 atom stereocenters. The number of unbranched alkanes of at least 4 members (excludes halogenated alkanes) is 1. The van der Waals surface area contributed by atoms with Gasteiger partial charge in [0.25, 0.3) is 0 Å². The van der Waals surface area contributed by atoms with Gasteiger partial charge in [0.05, 0.1) is 12.7 Å². The number of hydrogen-bond donors (Lipinski definition) is 0. The molecular weight excluding hydrogens is 204 g/mol. The van der Waals surface area contributed by atoms with Crippen LogP contribution in [0.5, 0.6) is 0 Å². The van der Waals surface area contributed by atoms with Gasteiger partial charge < -0.3 is 4.74 Å². The van der Waals surface area contributed by atoms with E-state index in [9.17, 15) is 9.59 Å². The minimum atomic E-state index is -0.412. The fourth-order valence-electron chi connectivity index (χ4n) is 1.42. The van der Waals surface area contributed by atoms with Crippen molar-refractivity contribution in [3.05, 3.63) is 35.4 Å². The highest BCUT2D eigenvalue weighted by atomic mass is 16.5. The van der Waals surface area contributed by atoms with Gasteiger partial charge in [-0.15, -0.1) is 0 Å². The van der Waals surface area contributed by atoms with Crippen LogP contribution in [0.15, 0.2) is 24.3 Å². The summed E-state index contributed by atoms with van der Waals surface area (Å²) in [6, 6.07) is 6.65. The lowest BCUT2D eigenvalue weighted by atomic mass is 10.0. The molecule has 86 valence electrons. The molecule has 0 aliphatic heterocycles. The maximum absolute atomic E-state index is 11.7. The van der Waals surface area contributed by atoms with Crippen molar-refractivity contribution in [2.75, 3.05) is 7.11 Å². The standard InChI is InChI=1S/C13H16O3/c1-3-4-8-12(14)10-6-5-7-11(9-10)13(15)16-2/h5-7,9H,3-4,8H2,1-2H3. The molecule has 0 aliphatic rings. The van der Waals surface area contributed by atoms with Crippen molar-refractivity contribution >= 4 is 11.8 Å². The molecule has 0 fully saturated rings. The third kappa shape index (κ3) is 3.19. The highest BCUT2D eigenvalue weighted by Gasteiger charge is 2.09. The predicted molar refractivity (Wildman–Crippen MR) is 61.6 cm³/mol. The molecule has 16 heavy (non-hydrogen) atoms. The molecule has 1 rings (SSSR count). The number of Topliss-reactive ketones (excluding diaryl/α,β-unsaturated/α-hetero) is 1. The van der Waals surface area contributed by atoms with E-state index in [0.29, 0.717) is 17.5 Å². The number of benzene rings is 1. The molecule has 1 aromatic carbocycles. The zero-order chi connectivity index (χ0) is 12.0. The Morgan fingerprint density at radius 3 is 2.56 bits per heavy atom. The van der Waals surface area contributed by atoms with E-state index in [1.165, 1.54) is 7.11 Å². The van der Waals surface area contributed by atoms with Crippen LogP contribution in [0.3, 0.4) is 0 Å². The van der Waals surface area contributed by atoms with E-state index in [1.54, 1.807) is 24.3 Å². The second-order valence-corrected chi connectivity index (χ2v) is 3.60. The smallest absolute Gasteiger partial charge is 0.337 e. The second kappa shape index (κ2) is 6.05. The predicted octanol–water partition coefficient (Wildman–Crippen LogP) is 2.85. The zero-order valence-electron chi connectivity index (χ0n) is 9.66. The Bertz CT molecular complexity index is 383. The van der Waals surface area contributed by atoms with E-state index < -0.39 is 5.97 Å². The van der Waals surface area contributed by atoms with E-state index in [0.717, 1.165) is 12.8 Å². The molecule has 0 saturated heterocycles. The van der Waals surface area contributed by atoms with Gasteiger partial charge in [0.15, 0.2) is 5.78 Å². The van der Waals surface area contributed by atoms with Crippen molar-refractivity contribution in [2.24, 2.45) is 0 Å². The lowest BCUT2D eigenvalue weighted by Crippen LogP contribution is -2.04. The monoisotopic (exact) mass is 220 g/mol. The van der Waals surface area contributed by atoms with Crippen molar-refractivity contribution in [1.29, 1.82) is 0 Å². The SMILES string of the molecule is CCCCC(=O)c1cccc(C(=O)OC)c1. The first-order valence-electron chi connectivity index (χ1n) is 5.40. The van der Waals surface area contributed by atoms with Crippen molar-refractivity contribution < 1.29 is 14.3 Å². The molecule has 0 heterocycles. The van der Waals surface area contributed by atoms with E-state index in [1.807, 2.05) is 6.92 Å². The number of ketones is 1. The van der Waals surface area contributed by atoms with Crippen LogP contribution in [-0.4, -0.2) is 18.9 Å². The topological polar surface area (TPSA) is 43.4 Å². The van der Waals surface area contributed by atoms with Crippen LogP contribution in [-0.2, 0) is 4.74 Å². The van der Waals surface area contributed by atoms with Crippen LogP contribution in [0.4, 0.5) is 0 Å². The fraction of sp³-hybridized carbons (Fsp3) is 0.385. The third-order valence-corrected chi connectivity index (χ3v) is 2.36. The lowest BCUT2D eigenvalue weighted by Gasteiger charge is -2.03. The summed E-state index contributed by atoms with van der Waals surface area (Å²) in [5.41, 5.74) is 1.00. The summed E-state index contributed by atoms with van der Waals surface area (Å²) in [5, 5.41) is 0. The summed E-state index contributed by atoms with van der Waals surface area (Å²) >= 11 is 0. The average Bonchev–Trinajstić information content (AvgIpc) is 2.35. The van der Waals surface area contributed by atoms with Crippen molar-refractivity contribution in [1.82, 2.24) is 0 Å². The largest absolute Gasteiger partial charge is 0.465 e. The molecule has 0 saturated carbocycles. The van der Waals surface area contributed by atoms with Gasteiger partial charge >= 0.3 is 5.97 Å². The Hall–Kier alpha value is -1.64. The summed E-state index contributed by atoms with van der Waals surface area (Å²) in [4.78, 5) is 23.0. The summed E-state index contributed by atoms with van der Waals surface area (Å²) in [6.45, 7) is 2.04. The van der Waals surface area contributed by atoms with Gasteiger partial charge in [0.1, 0.15) is 0 Å². The Labute approximate surface area is 95.4 Å². The lowest BCUT2D eigenvalue weighted by molar-refractivity contribution is 0.0600. The first-order valence-corrected chi connectivity index (χ1v) is 5.40. The molecule has 3 nitrogen and oxygen atoms in total. The highest BCUT2D eigenvalue weighted by molar-refractivity contribution is 5.99. The van der Waals surface area contributed by atoms with E-state index in [-0.39, 0.29) is 5.78 Å². The maximum atomic E-state index is 11.7. The van der Waals surface area contributed by atoms with Gasteiger partial charge in [0.2, 0.25) is 0 Å². The van der Waals surface area contributed by atoms with Crippen molar-refractivity contribution in [3.63, 3.8) is 0 Å². The Morgan fingerprint density at radius 1 is 1.25 bits per heavy atom.